The first-order valence-corrected chi connectivity index (χ1v) is 6.89. The van der Waals surface area contributed by atoms with E-state index in [4.69, 9.17) is 0 Å². The molecule has 2 N–H and O–H groups in total. The predicted molar refractivity (Wildman–Crippen MR) is 84.4 cm³/mol. The molecule has 0 aliphatic rings. The van der Waals surface area contributed by atoms with Gasteiger partial charge >= 0.3 is 6.03 Å². The van der Waals surface area contributed by atoms with E-state index in [9.17, 15) is 19.1 Å². The number of benzene rings is 2. The number of hydrogen-bond donors (Lipinski definition) is 2. The number of ketones is 1. The molecule has 3 rings (SSSR count). The Morgan fingerprint density at radius 2 is 1.74 bits per heavy atom. The molecular weight excluding hydrogens is 299 g/mol. The summed E-state index contributed by atoms with van der Waals surface area (Å²) in [6.07, 6.45) is 0. The number of para-hydroxylation sites is 1. The van der Waals surface area contributed by atoms with E-state index in [-0.39, 0.29) is 11.3 Å². The first kappa shape index (κ1) is 14.8. The van der Waals surface area contributed by atoms with Gasteiger partial charge in [0.25, 0.3) is 0 Å². The van der Waals surface area contributed by atoms with Crippen molar-refractivity contribution in [3.63, 3.8) is 0 Å². The van der Waals surface area contributed by atoms with E-state index in [1.807, 2.05) is 0 Å². The van der Waals surface area contributed by atoms with Gasteiger partial charge in [0.2, 0.25) is 5.88 Å². The van der Waals surface area contributed by atoms with E-state index in [0.29, 0.717) is 16.6 Å². The second-order valence-electron chi connectivity index (χ2n) is 5.04. The SMILES string of the molecule is CC(=O)c1c(O)n(C(=O)Nc2ccc(F)cc2)c2ccccc12. The average molecular weight is 312 g/mol. The highest BCUT2D eigenvalue weighted by atomic mass is 19.1. The Kier molecular flexibility index (Phi) is 3.57. The quantitative estimate of drug-likeness (QED) is 0.708. The van der Waals surface area contributed by atoms with Crippen molar-refractivity contribution < 1.29 is 19.1 Å². The van der Waals surface area contributed by atoms with E-state index in [1.54, 1.807) is 24.3 Å². The van der Waals surface area contributed by atoms with E-state index in [1.165, 1.54) is 31.2 Å². The lowest BCUT2D eigenvalue weighted by Crippen LogP contribution is -2.19. The second-order valence-corrected chi connectivity index (χ2v) is 5.04. The van der Waals surface area contributed by atoms with Crippen LogP contribution in [0.4, 0.5) is 14.9 Å². The maximum Gasteiger partial charge on any atom is 0.333 e. The highest BCUT2D eigenvalue weighted by Crippen LogP contribution is 2.31. The van der Waals surface area contributed by atoms with Gasteiger partial charge < -0.3 is 10.4 Å². The fraction of sp³-hybridized carbons (Fsp3) is 0.0588. The monoisotopic (exact) mass is 312 g/mol. The number of halogens is 1. The van der Waals surface area contributed by atoms with Gasteiger partial charge in [-0.1, -0.05) is 18.2 Å². The third-order valence-electron chi connectivity index (χ3n) is 3.50. The van der Waals surface area contributed by atoms with Crippen molar-refractivity contribution in [2.24, 2.45) is 0 Å². The van der Waals surface area contributed by atoms with Gasteiger partial charge in [-0.25, -0.2) is 13.8 Å². The largest absolute Gasteiger partial charge is 0.494 e. The van der Waals surface area contributed by atoms with Gasteiger partial charge in [-0.3, -0.25) is 4.79 Å². The molecule has 0 unspecified atom stereocenters. The van der Waals surface area contributed by atoms with Crippen molar-refractivity contribution in [1.82, 2.24) is 4.57 Å². The number of fused-ring (bicyclic) bond motifs is 1. The zero-order chi connectivity index (χ0) is 16.6. The van der Waals surface area contributed by atoms with E-state index < -0.39 is 17.7 Å². The number of nitrogens with zero attached hydrogens (tertiary/aromatic N) is 1. The highest BCUT2D eigenvalue weighted by molar-refractivity contribution is 6.13. The van der Waals surface area contributed by atoms with Crippen molar-refractivity contribution in [2.75, 3.05) is 5.32 Å². The lowest BCUT2D eigenvalue weighted by Gasteiger charge is -2.08. The summed E-state index contributed by atoms with van der Waals surface area (Å²) in [6, 6.07) is 11.3. The number of rotatable bonds is 2. The van der Waals surface area contributed by atoms with Crippen LogP contribution in [0.5, 0.6) is 5.88 Å². The number of anilines is 1. The molecule has 0 radical (unpaired) electrons. The van der Waals surface area contributed by atoms with E-state index >= 15 is 0 Å². The Hall–Kier alpha value is -3.15. The summed E-state index contributed by atoms with van der Waals surface area (Å²) in [5, 5.41) is 13.3. The lowest BCUT2D eigenvalue weighted by atomic mass is 10.1. The molecule has 5 nitrogen and oxygen atoms in total. The smallest absolute Gasteiger partial charge is 0.333 e. The zero-order valence-corrected chi connectivity index (χ0v) is 12.2. The molecule has 0 aliphatic heterocycles. The molecule has 0 aliphatic carbocycles. The number of Topliss-reactive ketones (excluding diaryl/α,β-unsaturated/α-hetero) is 1. The molecule has 0 saturated heterocycles. The molecule has 116 valence electrons. The fourth-order valence-corrected chi connectivity index (χ4v) is 2.49. The molecule has 0 bridgehead atoms. The van der Waals surface area contributed by atoms with Crippen LogP contribution in [0.15, 0.2) is 48.5 Å². The number of amides is 1. The number of aromatic hydroxyl groups is 1. The third kappa shape index (κ3) is 2.55. The molecule has 2 aromatic carbocycles. The van der Waals surface area contributed by atoms with Crippen LogP contribution in [0, 0.1) is 5.82 Å². The molecule has 0 saturated carbocycles. The van der Waals surface area contributed by atoms with Gasteiger partial charge in [-0.05, 0) is 37.3 Å². The Bertz CT molecular complexity index is 913. The van der Waals surface area contributed by atoms with E-state index in [0.717, 1.165) is 4.57 Å². The summed E-state index contributed by atoms with van der Waals surface area (Å²) in [4.78, 5) is 24.2. The minimum Gasteiger partial charge on any atom is -0.494 e. The summed E-state index contributed by atoms with van der Waals surface area (Å²) < 4.78 is 13.9. The predicted octanol–water partition coefficient (Wildman–Crippen LogP) is 3.77. The van der Waals surface area contributed by atoms with Gasteiger partial charge in [0.1, 0.15) is 5.82 Å². The molecule has 23 heavy (non-hydrogen) atoms. The second kappa shape index (κ2) is 5.57. The van der Waals surface area contributed by atoms with Crippen LogP contribution in [0.1, 0.15) is 17.3 Å². The summed E-state index contributed by atoms with van der Waals surface area (Å²) in [5.41, 5.74) is 0.877. The molecule has 0 spiro atoms. The number of aromatic nitrogens is 1. The van der Waals surface area contributed by atoms with Gasteiger partial charge in [-0.2, -0.15) is 0 Å². The van der Waals surface area contributed by atoms with Crippen molar-refractivity contribution in [3.05, 3.63) is 59.9 Å². The molecule has 1 aromatic heterocycles. The third-order valence-corrected chi connectivity index (χ3v) is 3.50. The highest BCUT2D eigenvalue weighted by Gasteiger charge is 2.23. The molecule has 6 heteroatoms. The molecule has 1 amide bonds. The molecule has 1 heterocycles. The fourth-order valence-electron chi connectivity index (χ4n) is 2.49. The average Bonchev–Trinajstić information content (AvgIpc) is 2.81. The molecular formula is C17H13FN2O3. The number of carbonyl (C=O) groups is 2. The lowest BCUT2D eigenvalue weighted by molar-refractivity contribution is 0.101. The number of carbonyl (C=O) groups excluding carboxylic acids is 2. The van der Waals surface area contributed by atoms with Crippen LogP contribution >= 0.6 is 0 Å². The van der Waals surface area contributed by atoms with Crippen molar-refractivity contribution >= 4 is 28.4 Å². The summed E-state index contributed by atoms with van der Waals surface area (Å²) in [5.74, 6) is -1.18. The van der Waals surface area contributed by atoms with Crippen LogP contribution in [-0.4, -0.2) is 21.5 Å². The summed E-state index contributed by atoms with van der Waals surface area (Å²) in [6.45, 7) is 1.32. The minimum absolute atomic E-state index is 0.0925. The topological polar surface area (TPSA) is 71.3 Å². The maximum atomic E-state index is 12.9. The van der Waals surface area contributed by atoms with Crippen LogP contribution < -0.4 is 5.32 Å². The summed E-state index contributed by atoms with van der Waals surface area (Å²) in [7, 11) is 0. The Labute approximate surface area is 131 Å². The van der Waals surface area contributed by atoms with Crippen molar-refractivity contribution in [1.29, 1.82) is 0 Å². The van der Waals surface area contributed by atoms with Crippen molar-refractivity contribution in [3.8, 4) is 5.88 Å². The zero-order valence-electron chi connectivity index (χ0n) is 12.2. The Morgan fingerprint density at radius 3 is 2.39 bits per heavy atom. The van der Waals surface area contributed by atoms with Gasteiger partial charge in [-0.15, -0.1) is 0 Å². The number of hydrogen-bond acceptors (Lipinski definition) is 3. The number of nitrogens with one attached hydrogen (secondary N) is 1. The molecule has 0 atom stereocenters. The van der Waals surface area contributed by atoms with Crippen LogP contribution in [0.2, 0.25) is 0 Å². The molecule has 3 aromatic rings. The first-order valence-electron chi connectivity index (χ1n) is 6.89. The van der Waals surface area contributed by atoms with Crippen LogP contribution in [-0.2, 0) is 0 Å². The van der Waals surface area contributed by atoms with Gasteiger partial charge in [0, 0.05) is 11.1 Å². The van der Waals surface area contributed by atoms with Gasteiger partial charge in [0.05, 0.1) is 11.1 Å². The Balaban J connectivity index is 2.08. The summed E-state index contributed by atoms with van der Waals surface area (Å²) >= 11 is 0. The minimum atomic E-state index is -0.641. The van der Waals surface area contributed by atoms with Crippen LogP contribution in [0.25, 0.3) is 10.9 Å². The molecule has 0 fully saturated rings. The maximum absolute atomic E-state index is 12.9. The standard InChI is InChI=1S/C17H13FN2O3/c1-10(21)15-13-4-2-3-5-14(13)20(16(15)22)17(23)19-12-8-6-11(18)7-9-12/h2-9,22H,1H3,(H,19,23). The van der Waals surface area contributed by atoms with Gasteiger partial charge in [0.15, 0.2) is 5.78 Å². The first-order chi connectivity index (χ1) is 11.0. The van der Waals surface area contributed by atoms with E-state index in [2.05, 4.69) is 5.32 Å². The van der Waals surface area contributed by atoms with Crippen LogP contribution in [0.3, 0.4) is 0 Å². The normalized spacial score (nSPS) is 10.7. The Morgan fingerprint density at radius 1 is 1.09 bits per heavy atom. The van der Waals surface area contributed by atoms with Crippen molar-refractivity contribution in [2.45, 2.75) is 6.92 Å².